The summed E-state index contributed by atoms with van der Waals surface area (Å²) >= 11 is 0. The van der Waals surface area contributed by atoms with Gasteiger partial charge in [-0.25, -0.2) is 4.98 Å². The molecule has 7 heteroatoms. The molecule has 0 bridgehead atoms. The molecule has 1 amide bonds. The Bertz CT molecular complexity index is 1300. The van der Waals surface area contributed by atoms with E-state index < -0.39 is 0 Å². The molecule has 158 valence electrons. The fraction of sp³-hybridized carbons (Fsp3) is 0.292. The minimum Gasteiger partial charge on any atom is -0.494 e. The highest BCUT2D eigenvalue weighted by molar-refractivity contribution is 6.11. The highest BCUT2D eigenvalue weighted by atomic mass is 16.5. The van der Waals surface area contributed by atoms with E-state index in [1.807, 2.05) is 43.1 Å². The lowest BCUT2D eigenvalue weighted by Gasteiger charge is -2.28. The van der Waals surface area contributed by atoms with Crippen molar-refractivity contribution in [3.63, 3.8) is 0 Å². The van der Waals surface area contributed by atoms with Crippen LogP contribution in [0.4, 0.5) is 5.69 Å². The lowest BCUT2D eigenvalue weighted by atomic mass is 9.94. The number of amides is 1. The number of aromatic amines is 1. The Balaban J connectivity index is 1.66. The Hall–Kier alpha value is -3.61. The molecule has 0 radical (unpaired) electrons. The minimum atomic E-state index is -0.253. The third-order valence-electron chi connectivity index (χ3n) is 6.02. The van der Waals surface area contributed by atoms with E-state index in [1.165, 1.54) is 0 Å². The molecule has 4 aromatic rings. The van der Waals surface area contributed by atoms with Crippen LogP contribution in [0.1, 0.15) is 52.3 Å². The summed E-state index contributed by atoms with van der Waals surface area (Å²) < 4.78 is 7.61. The zero-order chi connectivity index (χ0) is 21.7. The number of nitrogens with one attached hydrogen (secondary N) is 1. The number of aromatic nitrogens is 4. The quantitative estimate of drug-likeness (QED) is 0.522. The first-order valence-electron chi connectivity index (χ1n) is 10.5. The molecule has 0 saturated carbocycles. The van der Waals surface area contributed by atoms with Gasteiger partial charge in [-0.05, 0) is 61.7 Å². The number of nitrogens with zero attached hydrogens (tertiary/aromatic N) is 4. The van der Waals surface area contributed by atoms with Crippen molar-refractivity contribution in [3.05, 3.63) is 70.8 Å². The van der Waals surface area contributed by atoms with Gasteiger partial charge < -0.3 is 9.72 Å². The largest absolute Gasteiger partial charge is 0.494 e. The summed E-state index contributed by atoms with van der Waals surface area (Å²) in [7, 11) is 1.88. The number of hydrogen-bond acceptors (Lipinski definition) is 4. The maximum atomic E-state index is 13.5. The first kappa shape index (κ1) is 19.4. The van der Waals surface area contributed by atoms with Gasteiger partial charge in [-0.3, -0.25) is 14.4 Å². The lowest BCUT2D eigenvalue weighted by Crippen LogP contribution is -2.30. The number of rotatable bonds is 5. The fourth-order valence-electron chi connectivity index (χ4n) is 4.37. The highest BCUT2D eigenvalue weighted by Gasteiger charge is 2.43. The second-order valence-electron chi connectivity index (χ2n) is 8.02. The van der Waals surface area contributed by atoms with Gasteiger partial charge in [0.15, 0.2) is 5.69 Å². The molecule has 5 rings (SSSR count). The predicted octanol–water partition coefficient (Wildman–Crippen LogP) is 4.45. The van der Waals surface area contributed by atoms with Gasteiger partial charge in [-0.15, -0.1) is 0 Å². The average Bonchev–Trinajstić information content (AvgIpc) is 3.42. The van der Waals surface area contributed by atoms with Crippen molar-refractivity contribution in [2.75, 3.05) is 11.5 Å². The van der Waals surface area contributed by atoms with Gasteiger partial charge in [0, 0.05) is 24.0 Å². The summed E-state index contributed by atoms with van der Waals surface area (Å²) in [5, 5.41) is 4.54. The van der Waals surface area contributed by atoms with Crippen molar-refractivity contribution in [1.82, 2.24) is 19.7 Å². The van der Waals surface area contributed by atoms with E-state index in [0.717, 1.165) is 51.3 Å². The lowest BCUT2D eigenvalue weighted by molar-refractivity contribution is 0.0988. The van der Waals surface area contributed by atoms with Crippen LogP contribution in [0.5, 0.6) is 5.75 Å². The summed E-state index contributed by atoms with van der Waals surface area (Å²) in [6.45, 7) is 6.86. The number of H-pyrrole nitrogens is 1. The summed E-state index contributed by atoms with van der Waals surface area (Å²) in [5.41, 5.74) is 7.19. The standard InChI is InChI=1S/C24H25N5O2/c1-5-10-31-17-7-8-18(14(2)11-17)23-21-15(3)28(4)27-22(21)24(30)29(23)16-6-9-19-20(12-16)26-13-25-19/h6-9,11-13,23H,5,10H2,1-4H3,(H,25,26). The Morgan fingerprint density at radius 3 is 2.77 bits per heavy atom. The zero-order valence-corrected chi connectivity index (χ0v) is 18.1. The number of hydrogen-bond donors (Lipinski definition) is 1. The monoisotopic (exact) mass is 415 g/mol. The van der Waals surface area contributed by atoms with Gasteiger partial charge in [0.2, 0.25) is 0 Å². The van der Waals surface area contributed by atoms with E-state index in [4.69, 9.17) is 4.74 Å². The fourth-order valence-corrected chi connectivity index (χ4v) is 4.37. The zero-order valence-electron chi connectivity index (χ0n) is 18.1. The molecule has 2 aromatic heterocycles. The molecule has 0 saturated heterocycles. The molecule has 1 aliphatic heterocycles. The first-order valence-corrected chi connectivity index (χ1v) is 10.5. The van der Waals surface area contributed by atoms with Crippen molar-refractivity contribution < 1.29 is 9.53 Å². The van der Waals surface area contributed by atoms with Crippen molar-refractivity contribution in [2.45, 2.75) is 33.2 Å². The predicted molar refractivity (Wildman–Crippen MR) is 120 cm³/mol. The third-order valence-corrected chi connectivity index (χ3v) is 6.02. The van der Waals surface area contributed by atoms with Crippen LogP contribution in [0.2, 0.25) is 0 Å². The molecule has 7 nitrogen and oxygen atoms in total. The van der Waals surface area contributed by atoms with E-state index in [0.29, 0.717) is 12.3 Å². The van der Waals surface area contributed by atoms with Crippen LogP contribution in [0.25, 0.3) is 11.0 Å². The molecule has 31 heavy (non-hydrogen) atoms. The van der Waals surface area contributed by atoms with Crippen molar-refractivity contribution in [1.29, 1.82) is 0 Å². The van der Waals surface area contributed by atoms with Gasteiger partial charge in [0.25, 0.3) is 5.91 Å². The molecule has 2 aromatic carbocycles. The molecule has 1 aliphatic rings. The molecule has 0 fully saturated rings. The molecule has 1 atom stereocenters. The number of benzene rings is 2. The summed E-state index contributed by atoms with van der Waals surface area (Å²) in [4.78, 5) is 22.8. The molecule has 1 N–H and O–H groups in total. The maximum absolute atomic E-state index is 13.5. The van der Waals surface area contributed by atoms with Crippen molar-refractivity contribution >= 4 is 22.6 Å². The van der Waals surface area contributed by atoms with Crippen LogP contribution in [0, 0.1) is 13.8 Å². The second kappa shape index (κ2) is 7.27. The molecular formula is C24H25N5O2. The number of carbonyl (C=O) groups excluding carboxylic acids is 1. The number of carbonyl (C=O) groups is 1. The molecule has 1 unspecified atom stereocenters. The van der Waals surface area contributed by atoms with Gasteiger partial charge in [0.1, 0.15) is 5.75 Å². The average molecular weight is 415 g/mol. The smallest absolute Gasteiger partial charge is 0.280 e. The summed E-state index contributed by atoms with van der Waals surface area (Å²) in [5.74, 6) is 0.759. The van der Waals surface area contributed by atoms with E-state index in [-0.39, 0.29) is 11.9 Å². The summed E-state index contributed by atoms with van der Waals surface area (Å²) in [6, 6.07) is 11.7. The number of aryl methyl sites for hydroxylation is 2. The number of fused-ring (bicyclic) bond motifs is 2. The van der Waals surface area contributed by atoms with Crippen LogP contribution in [0.15, 0.2) is 42.7 Å². The highest BCUT2D eigenvalue weighted by Crippen LogP contribution is 2.44. The number of ether oxygens (including phenoxy) is 1. The molecule has 0 spiro atoms. The number of imidazole rings is 1. The van der Waals surface area contributed by atoms with E-state index >= 15 is 0 Å². The van der Waals surface area contributed by atoms with Crippen LogP contribution in [-0.2, 0) is 7.05 Å². The van der Waals surface area contributed by atoms with E-state index in [9.17, 15) is 4.79 Å². The van der Waals surface area contributed by atoms with Crippen LogP contribution >= 0.6 is 0 Å². The molecule has 3 heterocycles. The van der Waals surface area contributed by atoms with Gasteiger partial charge >= 0.3 is 0 Å². The summed E-state index contributed by atoms with van der Waals surface area (Å²) in [6.07, 6.45) is 2.62. The third kappa shape index (κ3) is 3.00. The van der Waals surface area contributed by atoms with Crippen LogP contribution in [-0.4, -0.2) is 32.3 Å². The Kier molecular flexibility index (Phi) is 4.54. The van der Waals surface area contributed by atoms with Crippen LogP contribution in [0.3, 0.4) is 0 Å². The van der Waals surface area contributed by atoms with Crippen molar-refractivity contribution in [3.8, 4) is 5.75 Å². The van der Waals surface area contributed by atoms with Gasteiger partial charge in [0.05, 0.1) is 30.0 Å². The molecule has 0 aliphatic carbocycles. The Labute approximate surface area is 180 Å². The van der Waals surface area contributed by atoms with Crippen LogP contribution < -0.4 is 9.64 Å². The topological polar surface area (TPSA) is 76.0 Å². The first-order chi connectivity index (χ1) is 15.0. The number of anilines is 1. The minimum absolute atomic E-state index is 0.0896. The molecular weight excluding hydrogens is 390 g/mol. The van der Waals surface area contributed by atoms with Gasteiger partial charge in [-0.2, -0.15) is 5.10 Å². The Morgan fingerprint density at radius 2 is 2.00 bits per heavy atom. The second-order valence-corrected chi connectivity index (χ2v) is 8.02. The Morgan fingerprint density at radius 1 is 1.16 bits per heavy atom. The normalized spacial score (nSPS) is 15.7. The van der Waals surface area contributed by atoms with E-state index in [1.54, 1.807) is 11.0 Å². The SMILES string of the molecule is CCCOc1ccc(C2c3c(nn(C)c3C)C(=O)N2c2ccc3nc[nH]c3c2)c(C)c1. The van der Waals surface area contributed by atoms with Crippen molar-refractivity contribution in [2.24, 2.45) is 7.05 Å². The van der Waals surface area contributed by atoms with E-state index in [2.05, 4.69) is 41.0 Å². The van der Waals surface area contributed by atoms with Gasteiger partial charge in [-0.1, -0.05) is 13.0 Å². The maximum Gasteiger partial charge on any atom is 0.280 e.